The van der Waals surface area contributed by atoms with Crippen LogP contribution < -0.4 is 14.8 Å². The molecular formula is C21H35IN6O2. The van der Waals surface area contributed by atoms with E-state index in [0.717, 1.165) is 36.1 Å². The zero-order chi connectivity index (χ0) is 21.2. The van der Waals surface area contributed by atoms with Crippen molar-refractivity contribution in [3.8, 4) is 11.5 Å². The van der Waals surface area contributed by atoms with Gasteiger partial charge in [0.05, 0.1) is 32.4 Å². The molecule has 0 saturated carbocycles. The zero-order valence-corrected chi connectivity index (χ0v) is 21.2. The van der Waals surface area contributed by atoms with Gasteiger partial charge in [-0.25, -0.2) is 0 Å². The number of nitrogens with one attached hydrogen (secondary N) is 1. The maximum Gasteiger partial charge on any atom is 0.193 e. The summed E-state index contributed by atoms with van der Waals surface area (Å²) in [5.74, 6) is 2.51. The van der Waals surface area contributed by atoms with Crippen LogP contribution in [0, 0.1) is 0 Å². The van der Waals surface area contributed by atoms with Crippen molar-refractivity contribution in [2.24, 2.45) is 12.0 Å². The van der Waals surface area contributed by atoms with Crippen molar-refractivity contribution in [1.29, 1.82) is 0 Å². The van der Waals surface area contributed by atoms with Crippen molar-refractivity contribution >= 4 is 29.9 Å². The van der Waals surface area contributed by atoms with E-state index in [0.29, 0.717) is 13.2 Å². The number of guanidine groups is 1. The number of aliphatic imine (C=N–C) groups is 1. The molecule has 0 saturated heterocycles. The van der Waals surface area contributed by atoms with Gasteiger partial charge in [-0.3, -0.25) is 9.67 Å². The third-order valence-electron chi connectivity index (χ3n) is 4.60. The Balaban J connectivity index is 0.00000450. The normalized spacial score (nSPS) is 12.3. The lowest BCUT2D eigenvalue weighted by molar-refractivity contribution is 0.279. The fourth-order valence-corrected chi connectivity index (χ4v) is 2.90. The highest BCUT2D eigenvalue weighted by Gasteiger charge is 2.16. The van der Waals surface area contributed by atoms with E-state index >= 15 is 0 Å². The molecule has 1 unspecified atom stereocenters. The number of methoxy groups -OCH3 is 1. The molecule has 0 aliphatic heterocycles. The number of rotatable bonds is 10. The Morgan fingerprint density at radius 1 is 1.20 bits per heavy atom. The average molecular weight is 530 g/mol. The smallest absolute Gasteiger partial charge is 0.193 e. The van der Waals surface area contributed by atoms with E-state index in [1.54, 1.807) is 7.11 Å². The zero-order valence-electron chi connectivity index (χ0n) is 18.8. The van der Waals surface area contributed by atoms with Gasteiger partial charge < -0.3 is 24.6 Å². The van der Waals surface area contributed by atoms with Crippen LogP contribution in [0.25, 0.3) is 0 Å². The summed E-state index contributed by atoms with van der Waals surface area (Å²) in [7, 11) is 9.73. The monoisotopic (exact) mass is 530 g/mol. The fraction of sp³-hybridized carbons (Fsp3) is 0.524. The van der Waals surface area contributed by atoms with Crippen molar-refractivity contribution in [3.05, 3.63) is 42.2 Å². The molecule has 1 heterocycles. The second kappa shape index (κ2) is 13.3. The van der Waals surface area contributed by atoms with Crippen LogP contribution in [-0.2, 0) is 7.05 Å². The minimum atomic E-state index is 0. The van der Waals surface area contributed by atoms with Gasteiger partial charge in [0.1, 0.15) is 18.1 Å². The molecule has 0 radical (unpaired) electrons. The summed E-state index contributed by atoms with van der Waals surface area (Å²) in [5.41, 5.74) is 1.16. The molecule has 1 aromatic carbocycles. The lowest BCUT2D eigenvalue weighted by Crippen LogP contribution is -2.41. The van der Waals surface area contributed by atoms with Crippen LogP contribution in [0.5, 0.6) is 11.5 Å². The van der Waals surface area contributed by atoms with Crippen molar-refractivity contribution in [2.75, 3.05) is 54.5 Å². The molecule has 0 aliphatic carbocycles. The topological polar surface area (TPSA) is 67.2 Å². The Kier molecular flexibility index (Phi) is 11.6. The number of nitrogens with zero attached hydrogens (tertiary/aromatic N) is 5. The predicted molar refractivity (Wildman–Crippen MR) is 132 cm³/mol. The second-order valence-electron chi connectivity index (χ2n) is 7.07. The van der Waals surface area contributed by atoms with Gasteiger partial charge in [-0.2, -0.15) is 5.10 Å². The van der Waals surface area contributed by atoms with Crippen molar-refractivity contribution < 1.29 is 9.47 Å². The van der Waals surface area contributed by atoms with Gasteiger partial charge in [-0.15, -0.1) is 24.0 Å². The van der Waals surface area contributed by atoms with Gasteiger partial charge in [0.15, 0.2) is 5.96 Å². The van der Waals surface area contributed by atoms with E-state index in [1.807, 2.05) is 55.4 Å². The third kappa shape index (κ3) is 8.02. The van der Waals surface area contributed by atoms with Crippen molar-refractivity contribution in [3.63, 3.8) is 0 Å². The molecule has 1 N–H and O–H groups in total. The molecule has 0 amide bonds. The average Bonchev–Trinajstić information content (AvgIpc) is 3.13. The number of halogens is 1. The van der Waals surface area contributed by atoms with Crippen LogP contribution in [0.2, 0.25) is 0 Å². The highest BCUT2D eigenvalue weighted by Crippen LogP contribution is 2.18. The summed E-state index contributed by atoms with van der Waals surface area (Å²) in [6.07, 6.45) is 3.94. The lowest BCUT2D eigenvalue weighted by atomic mass is 10.1. The second-order valence-corrected chi connectivity index (χ2v) is 7.07. The minimum absolute atomic E-state index is 0. The molecule has 0 fully saturated rings. The summed E-state index contributed by atoms with van der Waals surface area (Å²) in [4.78, 5) is 9.10. The maximum absolute atomic E-state index is 5.84. The Morgan fingerprint density at radius 2 is 1.87 bits per heavy atom. The Hall–Kier alpha value is -2.01. The van der Waals surface area contributed by atoms with Gasteiger partial charge in [0.2, 0.25) is 0 Å². The molecule has 0 aliphatic rings. The SMILES string of the molecule is CCNC(=NCC(c1cnn(C)c1)N(C)C)N(C)CCOc1ccc(OC)cc1.I. The summed E-state index contributed by atoms with van der Waals surface area (Å²) in [5, 5.41) is 7.65. The molecule has 8 nitrogen and oxygen atoms in total. The van der Waals surface area contributed by atoms with Crippen molar-refractivity contribution in [2.45, 2.75) is 13.0 Å². The number of aromatic nitrogens is 2. The molecule has 9 heteroatoms. The molecule has 30 heavy (non-hydrogen) atoms. The van der Waals surface area contributed by atoms with Crippen LogP contribution in [-0.4, -0.2) is 80.0 Å². The van der Waals surface area contributed by atoms with E-state index in [4.69, 9.17) is 14.5 Å². The number of ether oxygens (including phenoxy) is 2. The standard InChI is InChI=1S/C21H34N6O2.HI/c1-7-22-21(23-15-20(25(2)3)17-14-24-27(5)16-17)26(4)12-13-29-19-10-8-18(28-6)9-11-19;/h8-11,14,16,20H,7,12-13,15H2,1-6H3,(H,22,23);1H. The van der Waals surface area contributed by atoms with Crippen LogP contribution >= 0.6 is 24.0 Å². The first-order valence-corrected chi connectivity index (χ1v) is 9.85. The van der Waals surface area contributed by atoms with Gasteiger partial charge in [0, 0.05) is 32.4 Å². The lowest BCUT2D eigenvalue weighted by Gasteiger charge is -2.25. The molecule has 0 bridgehead atoms. The highest BCUT2D eigenvalue weighted by atomic mass is 127. The Morgan fingerprint density at radius 3 is 2.40 bits per heavy atom. The number of hydrogen-bond acceptors (Lipinski definition) is 5. The summed E-state index contributed by atoms with van der Waals surface area (Å²) >= 11 is 0. The number of aryl methyl sites for hydroxylation is 1. The van der Waals surface area contributed by atoms with Crippen LogP contribution in [0.15, 0.2) is 41.7 Å². The number of benzene rings is 1. The van der Waals surface area contributed by atoms with Gasteiger partial charge in [0.25, 0.3) is 0 Å². The summed E-state index contributed by atoms with van der Waals surface area (Å²) < 4.78 is 12.8. The van der Waals surface area contributed by atoms with Crippen LogP contribution in [0.3, 0.4) is 0 Å². The minimum Gasteiger partial charge on any atom is -0.497 e. The van der Waals surface area contributed by atoms with E-state index < -0.39 is 0 Å². The van der Waals surface area contributed by atoms with Gasteiger partial charge >= 0.3 is 0 Å². The van der Waals surface area contributed by atoms with E-state index in [9.17, 15) is 0 Å². The Bertz CT molecular complexity index is 763. The first-order valence-electron chi connectivity index (χ1n) is 9.85. The Labute approximate surface area is 197 Å². The molecule has 1 atom stereocenters. The first-order chi connectivity index (χ1) is 13.9. The fourth-order valence-electron chi connectivity index (χ4n) is 2.90. The molecule has 168 valence electrons. The number of likely N-dealkylation sites (N-methyl/N-ethyl adjacent to an activating group) is 2. The van der Waals surface area contributed by atoms with E-state index in [2.05, 4.69) is 41.2 Å². The van der Waals surface area contributed by atoms with Crippen molar-refractivity contribution in [1.82, 2.24) is 24.9 Å². The van der Waals surface area contributed by atoms with Gasteiger partial charge in [-0.05, 0) is 45.3 Å². The number of hydrogen-bond donors (Lipinski definition) is 1. The molecule has 2 rings (SSSR count). The van der Waals surface area contributed by atoms with E-state index in [1.165, 1.54) is 0 Å². The van der Waals surface area contributed by atoms with Crippen LogP contribution in [0.4, 0.5) is 0 Å². The third-order valence-corrected chi connectivity index (χ3v) is 4.60. The van der Waals surface area contributed by atoms with Crippen LogP contribution in [0.1, 0.15) is 18.5 Å². The summed E-state index contributed by atoms with van der Waals surface area (Å²) in [6.45, 7) is 4.80. The predicted octanol–water partition coefficient (Wildman–Crippen LogP) is 2.63. The quantitative estimate of drug-likeness (QED) is 0.290. The van der Waals surface area contributed by atoms with Gasteiger partial charge in [-0.1, -0.05) is 0 Å². The molecule has 1 aromatic heterocycles. The first kappa shape index (κ1) is 26.0. The largest absolute Gasteiger partial charge is 0.497 e. The van der Waals surface area contributed by atoms with E-state index in [-0.39, 0.29) is 30.0 Å². The molecule has 0 spiro atoms. The highest BCUT2D eigenvalue weighted by molar-refractivity contribution is 14.0. The molecular weight excluding hydrogens is 495 g/mol. The summed E-state index contributed by atoms with van der Waals surface area (Å²) in [6, 6.07) is 7.78. The maximum atomic E-state index is 5.84. The molecule has 2 aromatic rings.